The highest BCUT2D eigenvalue weighted by molar-refractivity contribution is 5.07. The van der Waals surface area contributed by atoms with E-state index in [0.717, 1.165) is 31.8 Å². The molecule has 1 aromatic rings. The van der Waals surface area contributed by atoms with Gasteiger partial charge < -0.3 is 15.0 Å². The van der Waals surface area contributed by atoms with Gasteiger partial charge in [0.25, 0.3) is 0 Å². The van der Waals surface area contributed by atoms with Crippen LogP contribution in [0, 0.1) is 0 Å². The number of ether oxygens (including phenoxy) is 1. The lowest BCUT2D eigenvalue weighted by molar-refractivity contribution is 0.228. The number of rotatable bonds is 7. The van der Waals surface area contributed by atoms with Crippen LogP contribution in [-0.4, -0.2) is 47.7 Å². The third kappa shape index (κ3) is 4.44. The van der Waals surface area contributed by atoms with Gasteiger partial charge in [0.2, 0.25) is 5.88 Å². The third-order valence-corrected chi connectivity index (χ3v) is 3.61. The summed E-state index contributed by atoms with van der Waals surface area (Å²) in [6.45, 7) is 5.70. The van der Waals surface area contributed by atoms with Crippen LogP contribution in [-0.2, 0) is 6.54 Å². The van der Waals surface area contributed by atoms with Crippen molar-refractivity contribution in [3.63, 3.8) is 0 Å². The molecule has 2 heterocycles. The highest BCUT2D eigenvalue weighted by Crippen LogP contribution is 2.17. The third-order valence-electron chi connectivity index (χ3n) is 3.61. The smallest absolute Gasteiger partial charge is 0.232 e. The van der Waals surface area contributed by atoms with E-state index in [1.54, 1.807) is 12.4 Å². The molecule has 0 bridgehead atoms. The zero-order chi connectivity index (χ0) is 13.5. The number of likely N-dealkylation sites (tertiary alicyclic amines) is 1. The summed E-state index contributed by atoms with van der Waals surface area (Å²) in [5.41, 5.74) is 0.949. The molecule has 1 fully saturated rings. The van der Waals surface area contributed by atoms with E-state index in [9.17, 15) is 0 Å². The molecule has 5 nitrogen and oxygen atoms in total. The first kappa shape index (κ1) is 14.2. The normalized spacial score (nSPS) is 19.8. The molecule has 2 rings (SSSR count). The SMILES string of the molecule is CCNCc1cnc(OCCC2CCCN2C)cn1. The summed E-state index contributed by atoms with van der Waals surface area (Å²) in [7, 11) is 2.19. The minimum Gasteiger partial charge on any atom is -0.477 e. The summed E-state index contributed by atoms with van der Waals surface area (Å²) < 4.78 is 5.66. The Labute approximate surface area is 115 Å². The number of nitrogens with one attached hydrogen (secondary N) is 1. The maximum Gasteiger partial charge on any atom is 0.232 e. The van der Waals surface area contributed by atoms with Crippen LogP contribution in [0.2, 0.25) is 0 Å². The number of aromatic nitrogens is 2. The second-order valence-corrected chi connectivity index (χ2v) is 5.04. The van der Waals surface area contributed by atoms with Crippen LogP contribution in [0.3, 0.4) is 0 Å². The molecule has 19 heavy (non-hydrogen) atoms. The van der Waals surface area contributed by atoms with E-state index in [2.05, 4.69) is 34.2 Å². The maximum atomic E-state index is 5.66. The van der Waals surface area contributed by atoms with Crippen molar-refractivity contribution in [3.8, 4) is 5.88 Å². The summed E-state index contributed by atoms with van der Waals surface area (Å²) in [6.07, 6.45) is 7.15. The van der Waals surface area contributed by atoms with Crippen LogP contribution >= 0.6 is 0 Å². The molecule has 0 aromatic carbocycles. The van der Waals surface area contributed by atoms with Gasteiger partial charge in [0.05, 0.1) is 24.7 Å². The summed E-state index contributed by atoms with van der Waals surface area (Å²) in [6, 6.07) is 0.668. The molecule has 0 radical (unpaired) electrons. The van der Waals surface area contributed by atoms with Crippen LogP contribution in [0.5, 0.6) is 5.88 Å². The monoisotopic (exact) mass is 264 g/mol. The van der Waals surface area contributed by atoms with E-state index in [1.165, 1.54) is 19.4 Å². The average Bonchev–Trinajstić information content (AvgIpc) is 2.84. The van der Waals surface area contributed by atoms with Crippen molar-refractivity contribution in [1.29, 1.82) is 0 Å². The predicted molar refractivity (Wildman–Crippen MR) is 75.2 cm³/mol. The predicted octanol–water partition coefficient (Wildman–Crippen LogP) is 1.45. The van der Waals surface area contributed by atoms with Gasteiger partial charge in [0.15, 0.2) is 0 Å². The topological polar surface area (TPSA) is 50.3 Å². The second kappa shape index (κ2) is 7.40. The Balaban J connectivity index is 1.70. The Morgan fingerprint density at radius 2 is 2.32 bits per heavy atom. The molecule has 0 spiro atoms. The van der Waals surface area contributed by atoms with Crippen LogP contribution in [0.4, 0.5) is 0 Å². The molecule has 1 unspecified atom stereocenters. The Hall–Kier alpha value is -1.20. The van der Waals surface area contributed by atoms with E-state index in [1.807, 2.05) is 0 Å². The van der Waals surface area contributed by atoms with Crippen LogP contribution in [0.15, 0.2) is 12.4 Å². The summed E-state index contributed by atoms with van der Waals surface area (Å²) in [5, 5.41) is 3.22. The molecule has 1 saturated heterocycles. The molecule has 106 valence electrons. The molecule has 1 aliphatic rings. The first-order valence-corrected chi connectivity index (χ1v) is 7.14. The lowest BCUT2D eigenvalue weighted by atomic mass is 10.1. The van der Waals surface area contributed by atoms with E-state index in [0.29, 0.717) is 11.9 Å². The van der Waals surface area contributed by atoms with Gasteiger partial charge in [0, 0.05) is 12.6 Å². The Bertz CT molecular complexity index is 368. The average molecular weight is 264 g/mol. The summed E-state index contributed by atoms with van der Waals surface area (Å²) in [5.74, 6) is 0.626. The lowest BCUT2D eigenvalue weighted by Gasteiger charge is -2.18. The summed E-state index contributed by atoms with van der Waals surface area (Å²) in [4.78, 5) is 11.0. The van der Waals surface area contributed by atoms with Gasteiger partial charge in [-0.1, -0.05) is 6.92 Å². The lowest BCUT2D eigenvalue weighted by Crippen LogP contribution is -2.26. The molecule has 5 heteroatoms. The zero-order valence-corrected chi connectivity index (χ0v) is 11.9. The highest BCUT2D eigenvalue weighted by Gasteiger charge is 2.20. The van der Waals surface area contributed by atoms with Gasteiger partial charge in [-0.2, -0.15) is 0 Å². The van der Waals surface area contributed by atoms with Crippen molar-refractivity contribution >= 4 is 0 Å². The van der Waals surface area contributed by atoms with Crippen molar-refractivity contribution < 1.29 is 4.74 Å². The molecule has 1 N–H and O–H groups in total. The highest BCUT2D eigenvalue weighted by atomic mass is 16.5. The van der Waals surface area contributed by atoms with Crippen molar-refractivity contribution in [1.82, 2.24) is 20.2 Å². The molecule has 1 atom stereocenters. The largest absolute Gasteiger partial charge is 0.477 e. The molecular formula is C14H24N4O. The molecule has 0 aliphatic carbocycles. The minimum atomic E-state index is 0.626. The fourth-order valence-corrected chi connectivity index (χ4v) is 2.41. The molecular weight excluding hydrogens is 240 g/mol. The molecule has 0 saturated carbocycles. The van der Waals surface area contributed by atoms with E-state index in [4.69, 9.17) is 4.74 Å². The van der Waals surface area contributed by atoms with Gasteiger partial charge in [-0.05, 0) is 39.4 Å². The Kier molecular flexibility index (Phi) is 5.54. The fourth-order valence-electron chi connectivity index (χ4n) is 2.41. The van der Waals surface area contributed by atoms with Gasteiger partial charge in [-0.3, -0.25) is 4.98 Å². The van der Waals surface area contributed by atoms with E-state index in [-0.39, 0.29) is 0 Å². The molecule has 1 aliphatic heterocycles. The Morgan fingerprint density at radius 3 is 2.95 bits per heavy atom. The van der Waals surface area contributed by atoms with Gasteiger partial charge in [0.1, 0.15) is 0 Å². The van der Waals surface area contributed by atoms with Gasteiger partial charge >= 0.3 is 0 Å². The van der Waals surface area contributed by atoms with Crippen molar-refractivity contribution in [2.75, 3.05) is 26.7 Å². The number of hydrogen-bond acceptors (Lipinski definition) is 5. The molecule has 0 amide bonds. The van der Waals surface area contributed by atoms with Crippen LogP contribution in [0.1, 0.15) is 31.9 Å². The van der Waals surface area contributed by atoms with Crippen molar-refractivity contribution in [2.45, 2.75) is 38.8 Å². The quantitative estimate of drug-likeness (QED) is 0.808. The van der Waals surface area contributed by atoms with E-state index < -0.39 is 0 Å². The van der Waals surface area contributed by atoms with E-state index >= 15 is 0 Å². The first-order chi connectivity index (χ1) is 9.29. The van der Waals surface area contributed by atoms with Gasteiger partial charge in [-0.15, -0.1) is 0 Å². The maximum absolute atomic E-state index is 5.66. The number of nitrogens with zero attached hydrogens (tertiary/aromatic N) is 3. The van der Waals surface area contributed by atoms with Gasteiger partial charge in [-0.25, -0.2) is 4.98 Å². The van der Waals surface area contributed by atoms with Crippen LogP contribution < -0.4 is 10.1 Å². The number of hydrogen-bond donors (Lipinski definition) is 1. The fraction of sp³-hybridized carbons (Fsp3) is 0.714. The summed E-state index contributed by atoms with van der Waals surface area (Å²) >= 11 is 0. The molecule has 1 aromatic heterocycles. The minimum absolute atomic E-state index is 0.626. The van der Waals surface area contributed by atoms with Crippen molar-refractivity contribution in [2.24, 2.45) is 0 Å². The van der Waals surface area contributed by atoms with Crippen LogP contribution in [0.25, 0.3) is 0 Å². The van der Waals surface area contributed by atoms with Crippen molar-refractivity contribution in [3.05, 3.63) is 18.1 Å². The first-order valence-electron chi connectivity index (χ1n) is 7.14. The standard InChI is InChI=1S/C14H24N4O/c1-3-15-9-12-10-17-14(11-16-12)19-8-6-13-5-4-7-18(13)2/h10-11,13,15H,3-9H2,1-2H3. The second-order valence-electron chi connectivity index (χ2n) is 5.04. The Morgan fingerprint density at radius 1 is 1.42 bits per heavy atom. The zero-order valence-electron chi connectivity index (χ0n) is 11.9.